The zero-order valence-corrected chi connectivity index (χ0v) is 36.9. The first-order chi connectivity index (χ1) is 30.6. The molecule has 13 rings (SSSR count). The summed E-state index contributed by atoms with van der Waals surface area (Å²) >= 11 is 0. The summed E-state index contributed by atoms with van der Waals surface area (Å²) in [5.41, 5.74) is 20.5. The first kappa shape index (κ1) is 36.8. The third kappa shape index (κ3) is 4.76. The Hall–Kier alpha value is -6.78. The standard InChI is InChI=1S/C59H49BN2O/c1-35-32-41(40-24-17-26-44-53(40)61-47-27-16-15-25-43(47)59(44,37-19-9-7-10-20-37)38-21-11-8-12-22-38)52-55-50(35)51-39-23-14-13-18-36(39)28-29-48(51)62(55)54-42-33-45-46(34-49(42)63-56(54)60(52)6)58(4,5)31-30-57(45,2)3/h7-29,32-34,61H,30-31H2,1-6H3. The smallest absolute Gasteiger partial charge is 0.258 e. The molecule has 0 radical (unpaired) electrons. The van der Waals surface area contributed by atoms with Crippen LogP contribution >= 0.6 is 0 Å². The largest absolute Gasteiger partial charge is 0.469 e. The van der Waals surface area contributed by atoms with Gasteiger partial charge in [-0.25, -0.2) is 0 Å². The van der Waals surface area contributed by atoms with E-state index in [2.05, 4.69) is 209 Å². The molecule has 304 valence electrons. The van der Waals surface area contributed by atoms with Gasteiger partial charge in [0.1, 0.15) is 5.58 Å². The minimum atomic E-state index is -0.557. The van der Waals surface area contributed by atoms with Crippen molar-refractivity contribution in [1.29, 1.82) is 0 Å². The van der Waals surface area contributed by atoms with Gasteiger partial charge in [0.2, 0.25) is 0 Å². The zero-order valence-electron chi connectivity index (χ0n) is 36.9. The Morgan fingerprint density at radius 2 is 1.24 bits per heavy atom. The van der Waals surface area contributed by atoms with E-state index in [4.69, 9.17) is 4.42 Å². The van der Waals surface area contributed by atoms with Crippen molar-refractivity contribution in [2.24, 2.45) is 0 Å². The van der Waals surface area contributed by atoms with E-state index in [0.29, 0.717) is 0 Å². The van der Waals surface area contributed by atoms with Gasteiger partial charge in [-0.2, -0.15) is 0 Å². The maximum absolute atomic E-state index is 7.32. The number of fused-ring (bicyclic) bond motifs is 12. The van der Waals surface area contributed by atoms with Crippen LogP contribution < -0.4 is 16.4 Å². The van der Waals surface area contributed by atoms with Crippen LogP contribution in [0, 0.1) is 6.92 Å². The van der Waals surface area contributed by atoms with Gasteiger partial charge in [0.05, 0.1) is 33.5 Å². The van der Waals surface area contributed by atoms with Crippen molar-refractivity contribution < 1.29 is 4.42 Å². The highest BCUT2D eigenvalue weighted by Gasteiger charge is 2.46. The highest BCUT2D eigenvalue weighted by atomic mass is 16.3. The van der Waals surface area contributed by atoms with Gasteiger partial charge in [0.15, 0.2) is 0 Å². The Morgan fingerprint density at radius 3 is 1.98 bits per heavy atom. The topological polar surface area (TPSA) is 30.1 Å². The molecule has 0 saturated heterocycles. The molecule has 2 aromatic heterocycles. The number of hydrogen-bond donors (Lipinski definition) is 1. The van der Waals surface area contributed by atoms with E-state index in [1.54, 1.807) is 0 Å². The van der Waals surface area contributed by atoms with Crippen molar-refractivity contribution in [3.63, 3.8) is 0 Å². The fourth-order valence-corrected chi connectivity index (χ4v) is 12.5. The van der Waals surface area contributed by atoms with E-state index in [1.165, 1.54) is 106 Å². The monoisotopic (exact) mass is 812 g/mol. The lowest BCUT2D eigenvalue weighted by atomic mass is 9.42. The molecule has 0 bridgehead atoms. The normalized spacial score (nSPS) is 16.4. The van der Waals surface area contributed by atoms with Crippen LogP contribution in [-0.4, -0.2) is 11.3 Å². The maximum atomic E-state index is 7.32. The number of nitrogens with one attached hydrogen (secondary N) is 1. The lowest BCUT2D eigenvalue weighted by Gasteiger charge is -2.43. The second-order valence-corrected chi connectivity index (χ2v) is 20.0. The third-order valence-corrected chi connectivity index (χ3v) is 15.6. The average Bonchev–Trinajstić information content (AvgIpc) is 3.86. The van der Waals surface area contributed by atoms with Crippen molar-refractivity contribution >= 4 is 72.8 Å². The fraction of sp³-hybridized carbons (Fsp3) is 0.186. The van der Waals surface area contributed by atoms with Gasteiger partial charge in [0, 0.05) is 27.4 Å². The molecule has 0 atom stereocenters. The molecular weight excluding hydrogens is 763 g/mol. The number of anilines is 2. The Morgan fingerprint density at radius 1 is 0.587 bits per heavy atom. The van der Waals surface area contributed by atoms with Crippen molar-refractivity contribution in [3.8, 4) is 16.8 Å². The molecule has 0 spiro atoms. The second kappa shape index (κ2) is 12.7. The van der Waals surface area contributed by atoms with Crippen molar-refractivity contribution in [1.82, 2.24) is 4.57 Å². The van der Waals surface area contributed by atoms with Crippen LogP contribution in [0.25, 0.3) is 60.4 Å². The van der Waals surface area contributed by atoms with E-state index in [9.17, 15) is 0 Å². The second-order valence-electron chi connectivity index (χ2n) is 20.0. The highest BCUT2D eigenvalue weighted by molar-refractivity contribution is 6.88. The molecule has 3 aliphatic rings. The lowest BCUT2D eigenvalue weighted by Crippen LogP contribution is -2.45. The van der Waals surface area contributed by atoms with Crippen LogP contribution in [0.5, 0.6) is 0 Å². The molecule has 3 nitrogen and oxygen atoms in total. The van der Waals surface area contributed by atoms with E-state index in [1.807, 2.05) is 0 Å². The van der Waals surface area contributed by atoms with Crippen molar-refractivity contribution in [3.05, 3.63) is 197 Å². The lowest BCUT2D eigenvalue weighted by molar-refractivity contribution is 0.332. The molecule has 0 amide bonds. The quantitative estimate of drug-likeness (QED) is 0.180. The van der Waals surface area contributed by atoms with Crippen molar-refractivity contribution in [2.45, 2.75) is 70.5 Å². The van der Waals surface area contributed by atoms with Crippen LogP contribution in [0.15, 0.2) is 162 Å². The summed E-state index contributed by atoms with van der Waals surface area (Å²) < 4.78 is 9.92. The van der Waals surface area contributed by atoms with E-state index in [-0.39, 0.29) is 17.5 Å². The molecule has 4 heterocycles. The van der Waals surface area contributed by atoms with Gasteiger partial charge in [-0.3, -0.25) is 0 Å². The van der Waals surface area contributed by atoms with Gasteiger partial charge in [-0.15, -0.1) is 0 Å². The summed E-state index contributed by atoms with van der Waals surface area (Å²) in [7, 11) is 0. The Labute approximate surface area is 369 Å². The molecule has 0 fully saturated rings. The zero-order chi connectivity index (χ0) is 42.6. The number of aromatic nitrogens is 1. The Bertz CT molecular complexity index is 3530. The molecule has 63 heavy (non-hydrogen) atoms. The predicted molar refractivity (Wildman–Crippen MR) is 266 cm³/mol. The molecule has 4 heteroatoms. The van der Waals surface area contributed by atoms with Gasteiger partial charge in [-0.05, 0) is 116 Å². The van der Waals surface area contributed by atoms with Crippen molar-refractivity contribution in [2.75, 3.05) is 5.32 Å². The predicted octanol–water partition coefficient (Wildman–Crippen LogP) is 14.0. The minimum absolute atomic E-state index is 0.0219. The van der Waals surface area contributed by atoms with Gasteiger partial charge < -0.3 is 14.3 Å². The maximum Gasteiger partial charge on any atom is 0.258 e. The molecule has 2 aliphatic heterocycles. The van der Waals surface area contributed by atoms with Crippen LogP contribution in [0.4, 0.5) is 11.4 Å². The number of hydrogen-bond acceptors (Lipinski definition) is 2. The number of furan rings is 1. The van der Waals surface area contributed by atoms with E-state index >= 15 is 0 Å². The molecule has 1 N–H and O–H groups in total. The minimum Gasteiger partial charge on any atom is -0.469 e. The number of nitrogens with zero attached hydrogens (tertiary/aromatic N) is 1. The molecule has 0 unspecified atom stereocenters. The SMILES string of the molecule is CB1c2oc3cc4c(cc3c2-n2c3ccc5ccccc5c3c3c(C)cc(-c5cccc6c5Nc5ccccc5C6(c5ccccc5)c5ccccc5)c1c32)C(C)(C)CCC4(C)C. The van der Waals surface area contributed by atoms with E-state index in [0.717, 1.165) is 29.0 Å². The summed E-state index contributed by atoms with van der Waals surface area (Å²) in [5.74, 6) is 0. The summed E-state index contributed by atoms with van der Waals surface area (Å²) in [6.45, 7) is 14.4. The summed E-state index contributed by atoms with van der Waals surface area (Å²) in [6, 6.07) is 59.1. The molecule has 0 saturated carbocycles. The first-order valence-corrected chi connectivity index (χ1v) is 22.8. The Kier molecular flexibility index (Phi) is 7.41. The molecular formula is C59H49BN2O. The number of aryl methyl sites for hydroxylation is 1. The number of benzene rings is 8. The first-order valence-electron chi connectivity index (χ1n) is 22.8. The molecule has 10 aromatic rings. The van der Waals surface area contributed by atoms with Gasteiger partial charge in [-0.1, -0.05) is 168 Å². The van der Waals surface area contributed by atoms with Gasteiger partial charge in [0.25, 0.3) is 6.71 Å². The third-order valence-electron chi connectivity index (χ3n) is 15.6. The van der Waals surface area contributed by atoms with Crippen LogP contribution in [0.1, 0.15) is 79.5 Å². The fourth-order valence-electron chi connectivity index (χ4n) is 12.5. The Balaban J connectivity index is 1.17. The highest BCUT2D eigenvalue weighted by Crippen LogP contribution is 2.56. The summed E-state index contributed by atoms with van der Waals surface area (Å²) in [4.78, 5) is 0. The number of para-hydroxylation sites is 2. The van der Waals surface area contributed by atoms with Crippen LogP contribution in [-0.2, 0) is 16.2 Å². The van der Waals surface area contributed by atoms with Crippen LogP contribution in [0.3, 0.4) is 0 Å². The van der Waals surface area contributed by atoms with Crippen LogP contribution in [0.2, 0.25) is 6.82 Å². The summed E-state index contributed by atoms with van der Waals surface area (Å²) in [5, 5.41) is 10.5. The average molecular weight is 813 g/mol. The summed E-state index contributed by atoms with van der Waals surface area (Å²) in [6.07, 6.45) is 2.33. The van der Waals surface area contributed by atoms with E-state index < -0.39 is 5.41 Å². The molecule has 8 aromatic carbocycles. The molecule has 1 aliphatic carbocycles. The van der Waals surface area contributed by atoms with Gasteiger partial charge >= 0.3 is 0 Å². The number of rotatable bonds is 3.